The van der Waals surface area contributed by atoms with Crippen LogP contribution in [0.4, 0.5) is 5.13 Å². The lowest BCUT2D eigenvalue weighted by atomic mass is 9.99. The van der Waals surface area contributed by atoms with Crippen molar-refractivity contribution in [3.63, 3.8) is 0 Å². The molecule has 0 bridgehead atoms. The third-order valence-electron chi connectivity index (χ3n) is 3.77. The van der Waals surface area contributed by atoms with Gasteiger partial charge in [0.25, 0.3) is 0 Å². The summed E-state index contributed by atoms with van der Waals surface area (Å²) < 4.78 is 0. The second kappa shape index (κ2) is 10.6. The molecule has 0 aliphatic rings. The Morgan fingerprint density at radius 2 is 2.08 bits per heavy atom. The average Bonchev–Trinajstić information content (AvgIpc) is 3.04. The number of aliphatic imine (C=N–C) groups is 1. The fraction of sp³-hybridized carbons (Fsp3) is 0.444. The van der Waals surface area contributed by atoms with Crippen LogP contribution in [0.3, 0.4) is 0 Å². The van der Waals surface area contributed by atoms with Crippen LogP contribution in [0.1, 0.15) is 29.7 Å². The van der Waals surface area contributed by atoms with E-state index in [0.717, 1.165) is 23.3 Å². The fourth-order valence-corrected chi connectivity index (χ4v) is 3.08. The first-order valence-electron chi connectivity index (χ1n) is 8.12. The Labute approximate surface area is 172 Å². The number of hydrogen-bond acceptors (Lipinski definition) is 4. The Kier molecular flexibility index (Phi) is 9.20. The van der Waals surface area contributed by atoms with Gasteiger partial charge in [-0.25, -0.2) is 4.98 Å². The molecule has 0 amide bonds. The molecule has 1 atom stereocenters. The highest BCUT2D eigenvalue weighted by molar-refractivity contribution is 14.0. The summed E-state index contributed by atoms with van der Waals surface area (Å²) in [6.07, 6.45) is 0. The average molecular weight is 473 g/mol. The Morgan fingerprint density at radius 3 is 2.68 bits per heavy atom. The molecule has 2 rings (SSSR count). The molecule has 0 aliphatic heterocycles. The number of benzene rings is 1. The van der Waals surface area contributed by atoms with Crippen LogP contribution in [0, 0.1) is 6.92 Å². The lowest BCUT2D eigenvalue weighted by molar-refractivity contribution is 0.697. The van der Waals surface area contributed by atoms with Gasteiger partial charge < -0.3 is 15.5 Å². The van der Waals surface area contributed by atoms with E-state index < -0.39 is 0 Å². The summed E-state index contributed by atoms with van der Waals surface area (Å²) in [6, 6.07) is 8.65. The Bertz CT molecular complexity index is 684. The van der Waals surface area contributed by atoms with Crippen molar-refractivity contribution in [1.82, 2.24) is 15.6 Å². The number of anilines is 1. The lowest BCUT2D eigenvalue weighted by Gasteiger charge is -2.16. The number of nitrogens with one attached hydrogen (secondary N) is 2. The monoisotopic (exact) mass is 473 g/mol. The molecular weight excluding hydrogens is 445 g/mol. The highest BCUT2D eigenvalue weighted by atomic mass is 127. The van der Waals surface area contributed by atoms with Crippen molar-refractivity contribution in [1.29, 1.82) is 0 Å². The fourth-order valence-electron chi connectivity index (χ4n) is 2.32. The van der Waals surface area contributed by atoms with Gasteiger partial charge >= 0.3 is 0 Å². The van der Waals surface area contributed by atoms with Gasteiger partial charge in [-0.1, -0.05) is 36.8 Å². The van der Waals surface area contributed by atoms with Gasteiger partial charge in [-0.3, -0.25) is 4.99 Å². The zero-order chi connectivity index (χ0) is 17.5. The molecule has 1 heterocycles. The van der Waals surface area contributed by atoms with Crippen molar-refractivity contribution in [3.05, 3.63) is 46.5 Å². The summed E-state index contributed by atoms with van der Waals surface area (Å²) in [5.74, 6) is 1.22. The van der Waals surface area contributed by atoms with E-state index in [1.165, 1.54) is 11.1 Å². The van der Waals surface area contributed by atoms with Crippen LogP contribution < -0.4 is 15.5 Å². The van der Waals surface area contributed by atoms with E-state index in [-0.39, 0.29) is 24.0 Å². The molecule has 0 radical (unpaired) electrons. The number of rotatable bonds is 6. The van der Waals surface area contributed by atoms with E-state index >= 15 is 0 Å². The third-order valence-corrected chi connectivity index (χ3v) is 4.83. The van der Waals surface area contributed by atoms with Crippen LogP contribution in [0.25, 0.3) is 0 Å². The van der Waals surface area contributed by atoms with Gasteiger partial charge in [-0.2, -0.15) is 0 Å². The molecule has 0 spiro atoms. The van der Waals surface area contributed by atoms with Gasteiger partial charge in [0, 0.05) is 33.1 Å². The highest BCUT2D eigenvalue weighted by Crippen LogP contribution is 2.18. The summed E-state index contributed by atoms with van der Waals surface area (Å²) in [5, 5.41) is 9.80. The maximum absolute atomic E-state index is 4.57. The van der Waals surface area contributed by atoms with Crippen molar-refractivity contribution >= 4 is 46.4 Å². The first-order valence-corrected chi connectivity index (χ1v) is 9.00. The van der Waals surface area contributed by atoms with Crippen LogP contribution in [-0.2, 0) is 6.54 Å². The standard InChI is InChI=1S/C18H27N5S.HI/c1-13-7-6-8-15(9-13)14(2)10-20-17(19-3)21-11-16-12-24-18(22-16)23(4)5;/h6-9,12,14H,10-11H2,1-5H3,(H2,19,20,21);1H. The molecule has 0 saturated carbocycles. The molecule has 5 nitrogen and oxygen atoms in total. The molecule has 0 saturated heterocycles. The van der Waals surface area contributed by atoms with Gasteiger partial charge in [0.15, 0.2) is 11.1 Å². The van der Waals surface area contributed by atoms with Crippen LogP contribution >= 0.6 is 35.3 Å². The van der Waals surface area contributed by atoms with Crippen molar-refractivity contribution in [2.45, 2.75) is 26.3 Å². The minimum absolute atomic E-state index is 0. The van der Waals surface area contributed by atoms with E-state index in [4.69, 9.17) is 0 Å². The summed E-state index contributed by atoms with van der Waals surface area (Å²) in [4.78, 5) is 10.9. The van der Waals surface area contributed by atoms with E-state index in [0.29, 0.717) is 12.5 Å². The molecule has 1 aromatic heterocycles. The van der Waals surface area contributed by atoms with E-state index in [2.05, 4.69) is 64.1 Å². The normalized spacial score (nSPS) is 12.3. The van der Waals surface area contributed by atoms with E-state index in [1.54, 1.807) is 18.4 Å². The third kappa shape index (κ3) is 6.81. The van der Waals surface area contributed by atoms with Crippen LogP contribution in [0.2, 0.25) is 0 Å². The topological polar surface area (TPSA) is 52.6 Å². The lowest BCUT2D eigenvalue weighted by Crippen LogP contribution is -2.38. The number of aromatic nitrogens is 1. The number of aryl methyl sites for hydroxylation is 1. The largest absolute Gasteiger partial charge is 0.356 e. The van der Waals surface area contributed by atoms with Crippen LogP contribution in [0.5, 0.6) is 0 Å². The number of nitrogens with zero attached hydrogens (tertiary/aromatic N) is 3. The molecule has 7 heteroatoms. The number of thiazole rings is 1. The van der Waals surface area contributed by atoms with Gasteiger partial charge in [-0.15, -0.1) is 35.3 Å². The minimum Gasteiger partial charge on any atom is -0.356 e. The second-order valence-corrected chi connectivity index (χ2v) is 6.97. The van der Waals surface area contributed by atoms with Crippen molar-refractivity contribution in [2.75, 3.05) is 32.6 Å². The minimum atomic E-state index is 0. The molecule has 0 aliphatic carbocycles. The van der Waals surface area contributed by atoms with Gasteiger partial charge in [0.05, 0.1) is 12.2 Å². The molecule has 1 aromatic carbocycles. The summed E-state index contributed by atoms with van der Waals surface area (Å²) in [5.41, 5.74) is 3.66. The van der Waals surface area contributed by atoms with E-state index in [1.807, 2.05) is 19.0 Å². The molecule has 1 unspecified atom stereocenters. The zero-order valence-electron chi connectivity index (χ0n) is 15.5. The zero-order valence-corrected chi connectivity index (χ0v) is 18.7. The Balaban J connectivity index is 0.00000312. The Morgan fingerprint density at radius 1 is 1.32 bits per heavy atom. The summed E-state index contributed by atoms with van der Waals surface area (Å²) in [7, 11) is 5.80. The van der Waals surface area contributed by atoms with Gasteiger partial charge in [0.1, 0.15) is 0 Å². The molecule has 2 aromatic rings. The predicted molar refractivity (Wildman–Crippen MR) is 120 cm³/mol. The van der Waals surface area contributed by atoms with Crippen LogP contribution in [0.15, 0.2) is 34.6 Å². The smallest absolute Gasteiger partial charge is 0.191 e. The molecule has 2 N–H and O–H groups in total. The van der Waals surface area contributed by atoms with Crippen molar-refractivity contribution in [3.8, 4) is 0 Å². The number of hydrogen-bond donors (Lipinski definition) is 2. The molecule has 25 heavy (non-hydrogen) atoms. The maximum atomic E-state index is 4.57. The van der Waals surface area contributed by atoms with Crippen molar-refractivity contribution < 1.29 is 0 Å². The molecule has 0 fully saturated rings. The van der Waals surface area contributed by atoms with Crippen molar-refractivity contribution in [2.24, 2.45) is 4.99 Å². The van der Waals surface area contributed by atoms with E-state index in [9.17, 15) is 0 Å². The Hall–Kier alpha value is -1.35. The quantitative estimate of drug-likeness (QED) is 0.383. The number of guanidine groups is 1. The summed E-state index contributed by atoms with van der Waals surface area (Å²) in [6.45, 7) is 5.85. The first kappa shape index (κ1) is 21.7. The second-order valence-electron chi connectivity index (χ2n) is 6.14. The molecule has 138 valence electrons. The number of halogens is 1. The van der Waals surface area contributed by atoms with Crippen LogP contribution in [-0.4, -0.2) is 38.6 Å². The summed E-state index contributed by atoms with van der Waals surface area (Å²) >= 11 is 1.65. The van der Waals surface area contributed by atoms with Gasteiger partial charge in [-0.05, 0) is 18.4 Å². The predicted octanol–water partition coefficient (Wildman–Crippen LogP) is 3.60. The van der Waals surface area contributed by atoms with Gasteiger partial charge in [0.2, 0.25) is 0 Å². The highest BCUT2D eigenvalue weighted by Gasteiger charge is 2.08. The first-order chi connectivity index (χ1) is 11.5. The maximum Gasteiger partial charge on any atom is 0.191 e. The molecular formula is C18H28IN5S. The SMILES string of the molecule is CN=C(NCc1csc(N(C)C)n1)NCC(C)c1cccc(C)c1.I.